The van der Waals surface area contributed by atoms with Gasteiger partial charge in [0.1, 0.15) is 5.82 Å². The number of pyridine rings is 1. The van der Waals surface area contributed by atoms with Crippen molar-refractivity contribution in [3.63, 3.8) is 0 Å². The maximum absolute atomic E-state index is 13.1. The summed E-state index contributed by atoms with van der Waals surface area (Å²) in [6.45, 7) is 4.85. The van der Waals surface area contributed by atoms with Crippen LogP contribution in [0.3, 0.4) is 0 Å². The molecule has 0 atom stereocenters. The number of halogens is 1. The largest absolute Gasteiger partial charge is 0.466 e. The lowest BCUT2D eigenvalue weighted by atomic mass is 9.96. The van der Waals surface area contributed by atoms with Gasteiger partial charge in [0.25, 0.3) is 0 Å². The molecule has 1 fully saturated rings. The number of nitrogens with zero attached hydrogens (tertiary/aromatic N) is 2. The Kier molecular flexibility index (Phi) is 5.76. The molecular formula is C20H23FN2O2. The Balaban J connectivity index is 1.60. The Morgan fingerprint density at radius 3 is 2.60 bits per heavy atom. The van der Waals surface area contributed by atoms with Crippen LogP contribution in [-0.4, -0.2) is 35.5 Å². The number of carbonyl (C=O) groups excluding carboxylic acids is 1. The highest BCUT2D eigenvalue weighted by atomic mass is 19.1. The minimum absolute atomic E-state index is 0.0277. The second kappa shape index (κ2) is 8.21. The molecule has 0 saturated carbocycles. The molecule has 0 aliphatic carbocycles. The molecular weight excluding hydrogens is 319 g/mol. The fourth-order valence-electron chi connectivity index (χ4n) is 3.22. The monoisotopic (exact) mass is 342 g/mol. The van der Waals surface area contributed by atoms with Gasteiger partial charge in [0.2, 0.25) is 0 Å². The summed E-state index contributed by atoms with van der Waals surface area (Å²) in [6.07, 6.45) is 5.34. The van der Waals surface area contributed by atoms with Crippen LogP contribution in [0.1, 0.15) is 25.3 Å². The molecule has 1 aliphatic heterocycles. The van der Waals surface area contributed by atoms with Crippen molar-refractivity contribution in [1.82, 2.24) is 9.88 Å². The van der Waals surface area contributed by atoms with Gasteiger partial charge in [0, 0.05) is 24.5 Å². The van der Waals surface area contributed by atoms with E-state index in [9.17, 15) is 9.18 Å². The number of benzene rings is 1. The summed E-state index contributed by atoms with van der Waals surface area (Å²) in [5.74, 6) is -0.278. The van der Waals surface area contributed by atoms with Gasteiger partial charge in [-0.25, -0.2) is 4.39 Å². The zero-order valence-electron chi connectivity index (χ0n) is 14.5. The first kappa shape index (κ1) is 17.5. The first-order valence-corrected chi connectivity index (χ1v) is 8.74. The number of aromatic nitrogens is 1. The van der Waals surface area contributed by atoms with Crippen LogP contribution in [0.4, 0.5) is 4.39 Å². The summed E-state index contributed by atoms with van der Waals surface area (Å²) in [5, 5.41) is 0. The van der Waals surface area contributed by atoms with Crippen LogP contribution in [0, 0.1) is 11.7 Å². The van der Waals surface area contributed by atoms with Crippen molar-refractivity contribution >= 4 is 5.97 Å². The molecule has 0 bridgehead atoms. The first-order valence-electron chi connectivity index (χ1n) is 8.74. The third-order valence-corrected chi connectivity index (χ3v) is 4.59. The Labute approximate surface area is 147 Å². The van der Waals surface area contributed by atoms with Crippen molar-refractivity contribution in [2.45, 2.75) is 26.3 Å². The van der Waals surface area contributed by atoms with Crippen molar-refractivity contribution in [3.05, 3.63) is 54.1 Å². The molecule has 1 aromatic carbocycles. The topological polar surface area (TPSA) is 42.4 Å². The molecule has 0 spiro atoms. The number of ether oxygens (including phenoxy) is 1. The molecule has 2 heterocycles. The van der Waals surface area contributed by atoms with Gasteiger partial charge in [0.15, 0.2) is 0 Å². The van der Waals surface area contributed by atoms with Crippen molar-refractivity contribution in [1.29, 1.82) is 0 Å². The van der Waals surface area contributed by atoms with E-state index in [0.717, 1.165) is 49.2 Å². The molecule has 1 saturated heterocycles. The Bertz CT molecular complexity index is 710. The van der Waals surface area contributed by atoms with Crippen LogP contribution in [0.2, 0.25) is 0 Å². The lowest BCUT2D eigenvalue weighted by Gasteiger charge is -2.30. The Hall–Kier alpha value is -2.27. The summed E-state index contributed by atoms with van der Waals surface area (Å²) in [5.41, 5.74) is 3.06. The van der Waals surface area contributed by atoms with Crippen LogP contribution >= 0.6 is 0 Å². The number of rotatable bonds is 5. The Morgan fingerprint density at radius 1 is 1.20 bits per heavy atom. The summed E-state index contributed by atoms with van der Waals surface area (Å²) < 4.78 is 18.2. The van der Waals surface area contributed by atoms with Crippen LogP contribution in [-0.2, 0) is 16.1 Å². The van der Waals surface area contributed by atoms with E-state index in [1.54, 1.807) is 18.3 Å². The van der Waals surface area contributed by atoms with Gasteiger partial charge in [-0.2, -0.15) is 0 Å². The normalized spacial score (nSPS) is 15.9. The van der Waals surface area contributed by atoms with Crippen LogP contribution in [0.15, 0.2) is 42.7 Å². The zero-order chi connectivity index (χ0) is 17.6. The van der Waals surface area contributed by atoms with E-state index in [1.165, 1.54) is 12.1 Å². The summed E-state index contributed by atoms with van der Waals surface area (Å²) >= 11 is 0. The first-order chi connectivity index (χ1) is 12.2. The highest BCUT2D eigenvalue weighted by Gasteiger charge is 2.25. The fraction of sp³-hybridized carbons (Fsp3) is 0.400. The molecule has 25 heavy (non-hydrogen) atoms. The zero-order valence-corrected chi connectivity index (χ0v) is 14.5. The molecule has 1 aromatic heterocycles. The minimum atomic E-state index is -0.239. The molecule has 0 N–H and O–H groups in total. The lowest BCUT2D eigenvalue weighted by Crippen LogP contribution is -2.36. The van der Waals surface area contributed by atoms with Gasteiger partial charge >= 0.3 is 5.97 Å². The maximum atomic E-state index is 13.1. The van der Waals surface area contributed by atoms with Crippen LogP contribution in [0.25, 0.3) is 11.1 Å². The van der Waals surface area contributed by atoms with Gasteiger partial charge < -0.3 is 4.74 Å². The highest BCUT2D eigenvalue weighted by molar-refractivity contribution is 5.72. The van der Waals surface area contributed by atoms with Gasteiger partial charge in [0.05, 0.1) is 12.5 Å². The number of piperidine rings is 1. The quantitative estimate of drug-likeness (QED) is 0.778. The fourth-order valence-corrected chi connectivity index (χ4v) is 3.22. The molecule has 0 radical (unpaired) electrons. The second-order valence-electron chi connectivity index (χ2n) is 6.39. The van der Waals surface area contributed by atoms with Gasteiger partial charge in [-0.15, -0.1) is 0 Å². The van der Waals surface area contributed by atoms with Gasteiger partial charge in [-0.05, 0) is 62.2 Å². The van der Waals surface area contributed by atoms with Crippen molar-refractivity contribution in [2.75, 3.05) is 19.7 Å². The molecule has 0 amide bonds. The van der Waals surface area contributed by atoms with E-state index >= 15 is 0 Å². The van der Waals surface area contributed by atoms with Crippen LogP contribution < -0.4 is 0 Å². The molecule has 2 aromatic rings. The third-order valence-electron chi connectivity index (χ3n) is 4.59. The number of carbonyl (C=O) groups is 1. The highest BCUT2D eigenvalue weighted by Crippen LogP contribution is 2.23. The predicted octanol–water partition coefficient (Wildman–Crippen LogP) is 3.66. The molecule has 0 unspecified atom stereocenters. The molecule has 3 rings (SSSR count). The summed E-state index contributed by atoms with van der Waals surface area (Å²) in [7, 11) is 0. The minimum Gasteiger partial charge on any atom is -0.466 e. The summed E-state index contributed by atoms with van der Waals surface area (Å²) in [6, 6.07) is 8.55. The molecule has 4 nitrogen and oxygen atoms in total. The SMILES string of the molecule is CCOC(=O)C1CCN(Cc2cncc(-c3ccc(F)cc3)c2)CC1. The van der Waals surface area contributed by atoms with E-state index in [-0.39, 0.29) is 17.7 Å². The Morgan fingerprint density at radius 2 is 1.92 bits per heavy atom. The predicted molar refractivity (Wildman–Crippen MR) is 94.3 cm³/mol. The number of likely N-dealkylation sites (tertiary alicyclic amines) is 1. The van der Waals surface area contributed by atoms with E-state index in [2.05, 4.69) is 16.0 Å². The average Bonchev–Trinajstić information content (AvgIpc) is 2.63. The third kappa shape index (κ3) is 4.63. The van der Waals surface area contributed by atoms with Gasteiger partial charge in [-0.3, -0.25) is 14.7 Å². The number of hydrogen-bond donors (Lipinski definition) is 0. The number of esters is 1. The molecule has 5 heteroatoms. The van der Waals surface area contributed by atoms with E-state index in [1.807, 2.05) is 13.1 Å². The van der Waals surface area contributed by atoms with Crippen molar-refractivity contribution < 1.29 is 13.9 Å². The maximum Gasteiger partial charge on any atom is 0.309 e. The van der Waals surface area contributed by atoms with E-state index in [4.69, 9.17) is 4.74 Å². The van der Waals surface area contributed by atoms with E-state index < -0.39 is 0 Å². The number of hydrogen-bond acceptors (Lipinski definition) is 4. The average molecular weight is 342 g/mol. The molecule has 132 valence electrons. The standard InChI is InChI=1S/C20H23FN2O2/c1-2-25-20(24)17-7-9-23(10-8-17)14-15-11-18(13-22-12-15)16-3-5-19(21)6-4-16/h3-6,11-13,17H,2,7-10,14H2,1H3. The smallest absolute Gasteiger partial charge is 0.309 e. The van der Waals surface area contributed by atoms with Crippen molar-refractivity contribution in [2.24, 2.45) is 5.92 Å². The summed E-state index contributed by atoms with van der Waals surface area (Å²) in [4.78, 5) is 18.5. The van der Waals surface area contributed by atoms with E-state index in [0.29, 0.717) is 6.61 Å². The lowest BCUT2D eigenvalue weighted by molar-refractivity contribution is -0.149. The second-order valence-corrected chi connectivity index (χ2v) is 6.39. The van der Waals surface area contributed by atoms with Crippen LogP contribution in [0.5, 0.6) is 0 Å². The van der Waals surface area contributed by atoms with Gasteiger partial charge in [-0.1, -0.05) is 12.1 Å². The van der Waals surface area contributed by atoms with Crippen molar-refractivity contribution in [3.8, 4) is 11.1 Å². The molecule has 1 aliphatic rings.